The first-order chi connectivity index (χ1) is 12.5. The van der Waals surface area contributed by atoms with Gasteiger partial charge in [-0.3, -0.25) is 4.79 Å². The molecule has 1 aromatic heterocycles. The molecule has 2 N–H and O–H groups in total. The van der Waals surface area contributed by atoms with E-state index in [-0.39, 0.29) is 11.9 Å². The van der Waals surface area contributed by atoms with Crippen LogP contribution in [0.3, 0.4) is 0 Å². The minimum atomic E-state index is -0.384. The molecule has 26 heavy (non-hydrogen) atoms. The molecule has 1 aromatic carbocycles. The zero-order chi connectivity index (χ0) is 18.7. The molecule has 2 aromatic rings. The molecule has 0 bridgehead atoms. The van der Waals surface area contributed by atoms with Crippen LogP contribution in [0.25, 0.3) is 0 Å². The lowest BCUT2D eigenvalue weighted by Gasteiger charge is -2.16. The molecule has 0 saturated heterocycles. The zero-order valence-corrected chi connectivity index (χ0v) is 16.4. The number of fused-ring (bicyclic) bond motifs is 1. The number of benzene rings is 1. The molecule has 136 valence electrons. The molecule has 3 rings (SSSR count). The molecule has 1 amide bonds. The number of hydrogen-bond donors (Lipinski definition) is 2. The smallest absolute Gasteiger partial charge is 0.247 e. The van der Waals surface area contributed by atoms with Gasteiger partial charge in [0.05, 0.1) is 5.56 Å². The van der Waals surface area contributed by atoms with Crippen molar-refractivity contribution in [3.05, 3.63) is 45.3 Å². The summed E-state index contributed by atoms with van der Waals surface area (Å²) < 4.78 is 0. The van der Waals surface area contributed by atoms with Gasteiger partial charge in [0.1, 0.15) is 17.1 Å². The average Bonchev–Trinajstić information content (AvgIpc) is 2.77. The van der Waals surface area contributed by atoms with Crippen LogP contribution in [0.2, 0.25) is 0 Å². The fraction of sp³-hybridized carbons (Fsp3) is 0.429. The maximum absolute atomic E-state index is 12.6. The number of carbonyl (C=O) groups excluding carboxylic acids is 1. The SMILES string of the molecule is Cc1ccc(N[C@H](C)C(=O)Nc2sc3c(c2C#N)CCCCC3)cc1C. The van der Waals surface area contributed by atoms with E-state index in [1.807, 2.05) is 25.1 Å². The molecule has 0 fully saturated rings. The maximum Gasteiger partial charge on any atom is 0.247 e. The van der Waals surface area contributed by atoms with Gasteiger partial charge in [-0.15, -0.1) is 11.3 Å². The van der Waals surface area contributed by atoms with Crippen LogP contribution in [0, 0.1) is 25.2 Å². The van der Waals surface area contributed by atoms with E-state index >= 15 is 0 Å². The van der Waals surface area contributed by atoms with Crippen molar-refractivity contribution in [2.75, 3.05) is 10.6 Å². The minimum absolute atomic E-state index is 0.115. The topological polar surface area (TPSA) is 64.9 Å². The molecule has 1 aliphatic rings. The first-order valence-electron chi connectivity index (χ1n) is 9.19. The lowest BCUT2D eigenvalue weighted by molar-refractivity contribution is -0.116. The number of carbonyl (C=O) groups is 1. The van der Waals surface area contributed by atoms with Crippen molar-refractivity contribution in [1.82, 2.24) is 0 Å². The van der Waals surface area contributed by atoms with Crippen LogP contribution in [-0.2, 0) is 17.6 Å². The zero-order valence-electron chi connectivity index (χ0n) is 15.6. The van der Waals surface area contributed by atoms with Gasteiger partial charge >= 0.3 is 0 Å². The van der Waals surface area contributed by atoms with E-state index in [9.17, 15) is 10.1 Å². The Morgan fingerprint density at radius 3 is 2.69 bits per heavy atom. The van der Waals surface area contributed by atoms with Crippen LogP contribution in [-0.4, -0.2) is 11.9 Å². The molecule has 5 heteroatoms. The van der Waals surface area contributed by atoms with Gasteiger partial charge in [-0.05, 0) is 75.3 Å². The van der Waals surface area contributed by atoms with E-state index < -0.39 is 0 Å². The highest BCUT2D eigenvalue weighted by Gasteiger charge is 2.22. The molecular formula is C21H25N3OS. The van der Waals surface area contributed by atoms with Crippen LogP contribution in [0.15, 0.2) is 18.2 Å². The summed E-state index contributed by atoms with van der Waals surface area (Å²) in [6, 6.07) is 8.01. The summed E-state index contributed by atoms with van der Waals surface area (Å²) in [7, 11) is 0. The number of aryl methyl sites for hydroxylation is 3. The Balaban J connectivity index is 1.73. The van der Waals surface area contributed by atoms with Crippen molar-refractivity contribution in [3.8, 4) is 6.07 Å². The average molecular weight is 368 g/mol. The molecule has 1 atom stereocenters. The van der Waals surface area contributed by atoms with Crippen LogP contribution in [0.4, 0.5) is 10.7 Å². The fourth-order valence-electron chi connectivity index (χ4n) is 3.32. The van der Waals surface area contributed by atoms with Crippen molar-refractivity contribution in [1.29, 1.82) is 5.26 Å². The Hall–Kier alpha value is -2.32. The largest absolute Gasteiger partial charge is 0.374 e. The number of amides is 1. The summed E-state index contributed by atoms with van der Waals surface area (Å²) >= 11 is 1.57. The van der Waals surface area contributed by atoms with Crippen LogP contribution in [0.1, 0.15) is 53.3 Å². The van der Waals surface area contributed by atoms with Crippen molar-refractivity contribution in [2.24, 2.45) is 0 Å². The normalized spacial score (nSPS) is 14.7. The highest BCUT2D eigenvalue weighted by molar-refractivity contribution is 7.16. The van der Waals surface area contributed by atoms with Crippen molar-refractivity contribution in [3.63, 3.8) is 0 Å². The third-order valence-corrected chi connectivity index (χ3v) is 6.26. The summed E-state index contributed by atoms with van der Waals surface area (Å²) in [5, 5.41) is 16.5. The molecule has 0 saturated carbocycles. The van der Waals surface area contributed by atoms with Crippen LogP contribution in [0.5, 0.6) is 0 Å². The number of nitrogens with zero attached hydrogens (tertiary/aromatic N) is 1. The fourth-order valence-corrected chi connectivity index (χ4v) is 4.56. The van der Waals surface area contributed by atoms with Crippen LogP contribution < -0.4 is 10.6 Å². The third kappa shape index (κ3) is 3.91. The molecule has 1 heterocycles. The molecule has 0 aliphatic heterocycles. The number of anilines is 2. The van der Waals surface area contributed by atoms with Crippen molar-refractivity contribution in [2.45, 2.75) is 58.9 Å². The molecule has 1 aliphatic carbocycles. The van der Waals surface area contributed by atoms with Gasteiger partial charge in [-0.25, -0.2) is 0 Å². The maximum atomic E-state index is 12.6. The van der Waals surface area contributed by atoms with E-state index in [1.165, 1.54) is 22.4 Å². The second-order valence-electron chi connectivity index (χ2n) is 7.03. The highest BCUT2D eigenvalue weighted by atomic mass is 32.1. The summed E-state index contributed by atoms with van der Waals surface area (Å²) in [5.74, 6) is -0.115. The molecule has 4 nitrogen and oxygen atoms in total. The third-order valence-electron chi connectivity index (χ3n) is 5.05. The number of nitriles is 1. The van der Waals surface area contributed by atoms with E-state index in [0.29, 0.717) is 10.6 Å². The summed E-state index contributed by atoms with van der Waals surface area (Å²) in [6.45, 7) is 5.97. The molecular weight excluding hydrogens is 342 g/mol. The predicted molar refractivity (Wildman–Crippen MR) is 108 cm³/mol. The second kappa shape index (κ2) is 7.92. The number of rotatable bonds is 4. The Kier molecular flexibility index (Phi) is 5.63. The predicted octanol–water partition coefficient (Wildman–Crippen LogP) is 4.94. The summed E-state index contributed by atoms with van der Waals surface area (Å²) in [5.41, 5.74) is 5.17. The summed E-state index contributed by atoms with van der Waals surface area (Å²) in [4.78, 5) is 13.9. The highest BCUT2D eigenvalue weighted by Crippen LogP contribution is 2.37. The summed E-state index contributed by atoms with van der Waals surface area (Å²) in [6.07, 6.45) is 5.46. The number of nitrogens with one attached hydrogen (secondary N) is 2. The van der Waals surface area contributed by atoms with E-state index in [0.717, 1.165) is 36.9 Å². The Labute approximate surface area is 159 Å². The Morgan fingerprint density at radius 2 is 1.96 bits per heavy atom. The Bertz CT molecular complexity index is 863. The van der Waals surface area contributed by atoms with Gasteiger partial charge in [0.25, 0.3) is 0 Å². The van der Waals surface area contributed by atoms with Gasteiger partial charge in [0.2, 0.25) is 5.91 Å². The van der Waals surface area contributed by atoms with Crippen molar-refractivity contribution >= 4 is 27.9 Å². The first-order valence-corrected chi connectivity index (χ1v) is 10.0. The number of thiophene rings is 1. The standard InChI is InChI=1S/C21H25N3OS/c1-13-9-10-16(11-14(13)2)23-15(3)20(25)24-21-18(12-22)17-7-5-4-6-8-19(17)26-21/h9-11,15,23H,4-8H2,1-3H3,(H,24,25)/t15-/m1/s1. The van der Waals surface area contributed by atoms with E-state index in [1.54, 1.807) is 11.3 Å². The second-order valence-corrected chi connectivity index (χ2v) is 8.14. The van der Waals surface area contributed by atoms with Gasteiger partial charge in [-0.2, -0.15) is 5.26 Å². The van der Waals surface area contributed by atoms with Gasteiger partial charge in [0, 0.05) is 10.6 Å². The molecule has 0 radical (unpaired) electrons. The Morgan fingerprint density at radius 1 is 1.19 bits per heavy atom. The monoisotopic (exact) mass is 367 g/mol. The van der Waals surface area contributed by atoms with E-state index in [4.69, 9.17) is 0 Å². The van der Waals surface area contributed by atoms with Gasteiger partial charge < -0.3 is 10.6 Å². The molecule has 0 spiro atoms. The molecule has 0 unspecified atom stereocenters. The lowest BCUT2D eigenvalue weighted by atomic mass is 10.1. The van der Waals surface area contributed by atoms with Crippen molar-refractivity contribution < 1.29 is 4.79 Å². The van der Waals surface area contributed by atoms with Gasteiger partial charge in [-0.1, -0.05) is 12.5 Å². The van der Waals surface area contributed by atoms with Gasteiger partial charge in [0.15, 0.2) is 0 Å². The minimum Gasteiger partial charge on any atom is -0.374 e. The lowest BCUT2D eigenvalue weighted by Crippen LogP contribution is -2.31. The first kappa shape index (κ1) is 18.5. The van der Waals surface area contributed by atoms with Crippen LogP contribution >= 0.6 is 11.3 Å². The van der Waals surface area contributed by atoms with E-state index in [2.05, 4.69) is 30.6 Å². The quantitative estimate of drug-likeness (QED) is 0.752. The number of hydrogen-bond acceptors (Lipinski definition) is 4.